The van der Waals surface area contributed by atoms with E-state index in [0.29, 0.717) is 12.1 Å². The van der Waals surface area contributed by atoms with Crippen LogP contribution >= 0.6 is 0 Å². The highest BCUT2D eigenvalue weighted by molar-refractivity contribution is 5.99. The molecular formula is C18H17F4N3O. The summed E-state index contributed by atoms with van der Waals surface area (Å²) in [4.78, 5) is 18.0. The number of aromatic nitrogens is 1. The van der Waals surface area contributed by atoms with Gasteiger partial charge in [0.25, 0.3) is 5.91 Å². The van der Waals surface area contributed by atoms with Crippen LogP contribution < -0.4 is 5.32 Å². The summed E-state index contributed by atoms with van der Waals surface area (Å²) in [6, 6.07) is 8.65. The van der Waals surface area contributed by atoms with Crippen LogP contribution in [0.15, 0.2) is 42.6 Å². The molecule has 138 valence electrons. The van der Waals surface area contributed by atoms with E-state index in [2.05, 4.69) is 10.3 Å². The number of carbonyl (C=O) groups excluding carboxylic acids is 1. The van der Waals surface area contributed by atoms with Gasteiger partial charge in [-0.05, 0) is 43.2 Å². The van der Waals surface area contributed by atoms with Crippen molar-refractivity contribution in [1.82, 2.24) is 9.88 Å². The Hall–Kier alpha value is -2.64. The first kappa shape index (κ1) is 18.2. The standard InChI is InChI=1S/C18H17F4N3O/c19-13-5-1-6-14(10-13)24-16-15(7-2-8-23-16)17(26)25-9-3-4-12(11-25)18(20,21)22/h1-2,5-8,10,12H,3-4,9,11H2,(H,23,24)/t12-/m0/s1. The lowest BCUT2D eigenvalue weighted by atomic mass is 9.97. The fourth-order valence-electron chi connectivity index (χ4n) is 2.98. The Morgan fingerprint density at radius 1 is 1.23 bits per heavy atom. The van der Waals surface area contributed by atoms with E-state index in [0.717, 1.165) is 0 Å². The number of benzene rings is 1. The first-order valence-electron chi connectivity index (χ1n) is 8.18. The number of rotatable bonds is 3. The molecule has 2 aromatic rings. The lowest BCUT2D eigenvalue weighted by Crippen LogP contribution is -2.44. The minimum absolute atomic E-state index is 0.0225. The van der Waals surface area contributed by atoms with Crippen molar-refractivity contribution >= 4 is 17.4 Å². The number of pyridine rings is 1. The number of anilines is 2. The molecule has 1 amide bonds. The number of halogens is 4. The SMILES string of the molecule is O=C(c1cccnc1Nc1cccc(F)c1)N1CCC[C@H](C(F)(F)F)C1. The second kappa shape index (κ2) is 7.31. The zero-order valence-electron chi connectivity index (χ0n) is 13.8. The third kappa shape index (κ3) is 4.12. The van der Waals surface area contributed by atoms with Crippen molar-refractivity contribution in [3.63, 3.8) is 0 Å². The maximum atomic E-state index is 13.3. The van der Waals surface area contributed by atoms with Crippen LogP contribution in [0, 0.1) is 11.7 Å². The van der Waals surface area contributed by atoms with Crippen LogP contribution in [0.3, 0.4) is 0 Å². The Kier molecular flexibility index (Phi) is 5.11. The molecule has 1 aromatic heterocycles. The van der Waals surface area contributed by atoms with Crippen molar-refractivity contribution < 1.29 is 22.4 Å². The Morgan fingerprint density at radius 3 is 2.77 bits per heavy atom. The molecule has 1 aliphatic heterocycles. The van der Waals surface area contributed by atoms with Gasteiger partial charge in [-0.1, -0.05) is 6.07 Å². The maximum Gasteiger partial charge on any atom is 0.393 e. The molecule has 26 heavy (non-hydrogen) atoms. The van der Waals surface area contributed by atoms with Crippen LogP contribution in [0.4, 0.5) is 29.1 Å². The Bertz CT molecular complexity index is 794. The second-order valence-electron chi connectivity index (χ2n) is 6.17. The molecule has 1 saturated heterocycles. The third-order valence-electron chi connectivity index (χ3n) is 4.30. The largest absolute Gasteiger partial charge is 0.393 e. The van der Waals surface area contributed by atoms with Gasteiger partial charge >= 0.3 is 6.18 Å². The molecule has 0 aliphatic carbocycles. The molecule has 8 heteroatoms. The van der Waals surface area contributed by atoms with Crippen LogP contribution in [-0.2, 0) is 0 Å². The first-order valence-corrected chi connectivity index (χ1v) is 8.18. The molecular weight excluding hydrogens is 350 g/mol. The van der Waals surface area contributed by atoms with Gasteiger partial charge in [0.15, 0.2) is 0 Å². The maximum absolute atomic E-state index is 13.3. The summed E-state index contributed by atoms with van der Waals surface area (Å²) < 4.78 is 52.3. The smallest absolute Gasteiger partial charge is 0.339 e. The highest BCUT2D eigenvalue weighted by Gasteiger charge is 2.43. The van der Waals surface area contributed by atoms with Crippen LogP contribution in [-0.4, -0.2) is 35.1 Å². The minimum atomic E-state index is -4.32. The zero-order valence-corrected chi connectivity index (χ0v) is 13.8. The highest BCUT2D eigenvalue weighted by Crippen LogP contribution is 2.34. The molecule has 3 rings (SSSR count). The normalized spacial score (nSPS) is 17.8. The highest BCUT2D eigenvalue weighted by atomic mass is 19.4. The summed E-state index contributed by atoms with van der Waals surface area (Å²) in [6.45, 7) is -0.101. The lowest BCUT2D eigenvalue weighted by Gasteiger charge is -2.34. The Morgan fingerprint density at radius 2 is 2.04 bits per heavy atom. The fourth-order valence-corrected chi connectivity index (χ4v) is 2.98. The van der Waals surface area contributed by atoms with Gasteiger partial charge in [-0.3, -0.25) is 4.79 Å². The number of piperidine rings is 1. The fraction of sp³-hybridized carbons (Fsp3) is 0.333. The van der Waals surface area contributed by atoms with E-state index >= 15 is 0 Å². The number of nitrogens with zero attached hydrogens (tertiary/aromatic N) is 2. The number of alkyl halides is 3. The number of carbonyl (C=O) groups is 1. The van der Waals surface area contributed by atoms with Crippen molar-refractivity contribution in [1.29, 1.82) is 0 Å². The number of hydrogen-bond donors (Lipinski definition) is 1. The van der Waals surface area contributed by atoms with E-state index in [9.17, 15) is 22.4 Å². The summed E-state index contributed by atoms with van der Waals surface area (Å²) in [5, 5.41) is 2.85. The van der Waals surface area contributed by atoms with Crippen molar-refractivity contribution in [3.05, 3.63) is 54.0 Å². The zero-order chi connectivity index (χ0) is 18.7. The number of amides is 1. The predicted molar refractivity (Wildman–Crippen MR) is 88.6 cm³/mol. The van der Waals surface area contributed by atoms with E-state index in [1.54, 1.807) is 6.07 Å². The second-order valence-corrected chi connectivity index (χ2v) is 6.17. The molecule has 0 saturated carbocycles. The summed E-state index contributed by atoms with van der Waals surface area (Å²) in [5.41, 5.74) is 0.546. The molecule has 4 nitrogen and oxygen atoms in total. The van der Waals surface area contributed by atoms with Gasteiger partial charge in [0.2, 0.25) is 0 Å². The van der Waals surface area contributed by atoms with Gasteiger partial charge in [0.05, 0.1) is 11.5 Å². The molecule has 0 radical (unpaired) electrons. The first-order chi connectivity index (χ1) is 12.3. The quantitative estimate of drug-likeness (QED) is 0.819. The minimum Gasteiger partial charge on any atom is -0.339 e. The van der Waals surface area contributed by atoms with Gasteiger partial charge in [-0.2, -0.15) is 13.2 Å². The topological polar surface area (TPSA) is 45.2 Å². The molecule has 1 fully saturated rings. The number of likely N-dealkylation sites (tertiary alicyclic amines) is 1. The van der Waals surface area contributed by atoms with Crippen molar-refractivity contribution in [2.45, 2.75) is 19.0 Å². The molecule has 1 aromatic carbocycles. The summed E-state index contributed by atoms with van der Waals surface area (Å²) in [5.74, 6) is -2.32. The molecule has 1 aliphatic rings. The van der Waals surface area contributed by atoms with Gasteiger partial charge in [0.1, 0.15) is 11.6 Å². The Labute approximate surface area is 147 Å². The van der Waals surface area contributed by atoms with Crippen molar-refractivity contribution in [3.8, 4) is 0 Å². The monoisotopic (exact) mass is 367 g/mol. The molecule has 2 heterocycles. The lowest BCUT2D eigenvalue weighted by molar-refractivity contribution is -0.184. The van der Waals surface area contributed by atoms with Crippen LogP contribution in [0.2, 0.25) is 0 Å². The van der Waals surface area contributed by atoms with E-state index < -0.39 is 23.8 Å². The van der Waals surface area contributed by atoms with Crippen LogP contribution in [0.1, 0.15) is 23.2 Å². The average Bonchev–Trinajstić information content (AvgIpc) is 2.61. The van der Waals surface area contributed by atoms with E-state index in [-0.39, 0.29) is 30.9 Å². The summed E-state index contributed by atoms with van der Waals surface area (Å²) >= 11 is 0. The summed E-state index contributed by atoms with van der Waals surface area (Å²) in [6.07, 6.45) is -2.55. The van der Waals surface area contributed by atoms with E-state index in [1.807, 2.05) is 0 Å². The average molecular weight is 367 g/mol. The van der Waals surface area contributed by atoms with Gasteiger partial charge in [-0.25, -0.2) is 9.37 Å². The number of nitrogens with one attached hydrogen (secondary N) is 1. The van der Waals surface area contributed by atoms with Crippen molar-refractivity contribution in [2.75, 3.05) is 18.4 Å². The number of hydrogen-bond acceptors (Lipinski definition) is 3. The molecule has 0 spiro atoms. The van der Waals surface area contributed by atoms with Crippen LogP contribution in [0.25, 0.3) is 0 Å². The van der Waals surface area contributed by atoms with Crippen molar-refractivity contribution in [2.24, 2.45) is 5.92 Å². The molecule has 1 atom stereocenters. The summed E-state index contributed by atoms with van der Waals surface area (Å²) in [7, 11) is 0. The molecule has 1 N–H and O–H groups in total. The van der Waals surface area contributed by atoms with Crippen LogP contribution in [0.5, 0.6) is 0 Å². The third-order valence-corrected chi connectivity index (χ3v) is 4.30. The predicted octanol–water partition coefficient (Wildman–Crippen LogP) is 4.38. The molecule has 0 unspecified atom stereocenters. The molecule has 0 bridgehead atoms. The van der Waals surface area contributed by atoms with E-state index in [4.69, 9.17) is 0 Å². The van der Waals surface area contributed by atoms with Gasteiger partial charge < -0.3 is 10.2 Å². The Balaban J connectivity index is 1.81. The van der Waals surface area contributed by atoms with Gasteiger partial charge in [0, 0.05) is 25.0 Å². The van der Waals surface area contributed by atoms with E-state index in [1.165, 1.54) is 41.4 Å². The van der Waals surface area contributed by atoms with Gasteiger partial charge in [-0.15, -0.1) is 0 Å².